The van der Waals surface area contributed by atoms with Gasteiger partial charge in [0.05, 0.1) is 0 Å². The van der Waals surface area contributed by atoms with Crippen molar-refractivity contribution in [1.29, 1.82) is 0 Å². The van der Waals surface area contributed by atoms with Crippen molar-refractivity contribution in [1.82, 2.24) is 14.7 Å². The molecule has 1 aliphatic heterocycles. The molecule has 1 fully saturated rings. The van der Waals surface area contributed by atoms with Gasteiger partial charge in [-0.05, 0) is 6.54 Å². The highest BCUT2D eigenvalue weighted by Crippen LogP contribution is 2.09. The van der Waals surface area contributed by atoms with Gasteiger partial charge in [0.25, 0.3) is 0 Å². The van der Waals surface area contributed by atoms with Gasteiger partial charge in [-0.25, -0.2) is 0 Å². The van der Waals surface area contributed by atoms with E-state index in [9.17, 15) is 4.79 Å². The van der Waals surface area contributed by atoms with Crippen molar-refractivity contribution in [2.75, 3.05) is 53.4 Å². The maximum atomic E-state index is 11.7. The molecule has 0 aromatic rings. The maximum absolute atomic E-state index is 11.7. The van der Waals surface area contributed by atoms with E-state index in [1.807, 2.05) is 0 Å². The quantitative estimate of drug-likeness (QED) is 0.701. The first-order valence-electron chi connectivity index (χ1n) is 6.45. The van der Waals surface area contributed by atoms with E-state index in [0.717, 1.165) is 32.7 Å². The van der Waals surface area contributed by atoms with Crippen molar-refractivity contribution < 1.29 is 4.79 Å². The van der Waals surface area contributed by atoms with Gasteiger partial charge >= 0.3 is 0 Å². The zero-order chi connectivity index (χ0) is 12.8. The molecule has 17 heavy (non-hydrogen) atoms. The second-order valence-electron chi connectivity index (χ2n) is 4.85. The maximum Gasteiger partial charge on any atom is 0.223 e. The van der Waals surface area contributed by atoms with Crippen LogP contribution in [0.3, 0.4) is 0 Å². The first-order chi connectivity index (χ1) is 8.08. The third-order valence-electron chi connectivity index (χ3n) is 3.55. The highest BCUT2D eigenvalue weighted by molar-refractivity contribution is 5.76. The van der Waals surface area contributed by atoms with Gasteiger partial charge in [-0.2, -0.15) is 0 Å². The number of rotatable bonds is 5. The number of hydrogen-bond acceptors (Lipinski definition) is 4. The number of nitrogens with two attached hydrogens (primary N) is 1. The lowest BCUT2D eigenvalue weighted by atomic mass is 10.1. The van der Waals surface area contributed by atoms with Gasteiger partial charge < -0.3 is 15.5 Å². The molecule has 5 heteroatoms. The molecule has 0 spiro atoms. The largest absolute Gasteiger partial charge is 0.349 e. The molecule has 1 amide bonds. The zero-order valence-corrected chi connectivity index (χ0v) is 11.4. The molecule has 100 valence electrons. The van der Waals surface area contributed by atoms with Gasteiger partial charge in [0.1, 0.15) is 0 Å². The Labute approximate surface area is 105 Å². The first kappa shape index (κ1) is 14.4. The lowest BCUT2D eigenvalue weighted by molar-refractivity contribution is -0.130. The van der Waals surface area contributed by atoms with Crippen LogP contribution in [0.5, 0.6) is 0 Å². The summed E-state index contributed by atoms with van der Waals surface area (Å²) in [5.74, 6) is 0.165. The normalized spacial score (nSPS) is 20.2. The minimum Gasteiger partial charge on any atom is -0.349 e. The molecule has 0 radical (unpaired) electrons. The van der Waals surface area contributed by atoms with Gasteiger partial charge in [-0.15, -0.1) is 0 Å². The summed E-state index contributed by atoms with van der Waals surface area (Å²) in [5, 5.41) is 0. The average Bonchev–Trinajstić information content (AvgIpc) is 2.35. The molecule has 1 heterocycles. The summed E-state index contributed by atoms with van der Waals surface area (Å²) in [6, 6.07) is 0.198. The van der Waals surface area contributed by atoms with Crippen molar-refractivity contribution in [2.24, 2.45) is 5.73 Å². The van der Waals surface area contributed by atoms with Crippen molar-refractivity contribution in [3.63, 3.8) is 0 Å². The van der Waals surface area contributed by atoms with Gasteiger partial charge in [0.2, 0.25) is 5.91 Å². The fraction of sp³-hybridized carbons (Fsp3) is 0.917. The fourth-order valence-electron chi connectivity index (χ4n) is 2.19. The Kier molecular flexibility index (Phi) is 5.88. The van der Waals surface area contributed by atoms with Crippen LogP contribution in [0.15, 0.2) is 0 Å². The standard InChI is InChI=1S/C12H26N4O/c1-4-15-5-7-16(8-6-15)11(10-13)9-12(17)14(2)3/h11H,4-10,13H2,1-3H3. The van der Waals surface area contributed by atoms with Crippen LogP contribution in [0.1, 0.15) is 13.3 Å². The van der Waals surface area contributed by atoms with Crippen molar-refractivity contribution in [3.8, 4) is 0 Å². The molecule has 0 bridgehead atoms. The third-order valence-corrected chi connectivity index (χ3v) is 3.55. The smallest absolute Gasteiger partial charge is 0.223 e. The summed E-state index contributed by atoms with van der Waals surface area (Å²) in [6.45, 7) is 8.08. The van der Waals surface area contributed by atoms with Crippen LogP contribution in [0.4, 0.5) is 0 Å². The number of carbonyl (C=O) groups is 1. The van der Waals surface area contributed by atoms with E-state index in [1.165, 1.54) is 0 Å². The fourth-order valence-corrected chi connectivity index (χ4v) is 2.19. The topological polar surface area (TPSA) is 52.8 Å². The monoisotopic (exact) mass is 242 g/mol. The summed E-state index contributed by atoms with van der Waals surface area (Å²) in [7, 11) is 3.59. The van der Waals surface area contributed by atoms with Gasteiger partial charge in [0, 0.05) is 59.3 Å². The Morgan fingerprint density at radius 3 is 2.29 bits per heavy atom. The van der Waals surface area contributed by atoms with Crippen LogP contribution in [-0.2, 0) is 4.79 Å². The number of likely N-dealkylation sites (N-methyl/N-ethyl adjacent to an activating group) is 1. The first-order valence-corrected chi connectivity index (χ1v) is 6.45. The van der Waals surface area contributed by atoms with E-state index in [2.05, 4.69) is 16.7 Å². The molecule has 1 atom stereocenters. The lowest BCUT2D eigenvalue weighted by Crippen LogP contribution is -2.53. The van der Waals surface area contributed by atoms with Gasteiger partial charge in [-0.1, -0.05) is 6.92 Å². The Balaban J connectivity index is 2.43. The van der Waals surface area contributed by atoms with Gasteiger partial charge in [-0.3, -0.25) is 9.69 Å². The molecular weight excluding hydrogens is 216 g/mol. The van der Waals surface area contributed by atoms with E-state index in [0.29, 0.717) is 13.0 Å². The summed E-state index contributed by atoms with van der Waals surface area (Å²) in [5.41, 5.74) is 5.79. The van der Waals surface area contributed by atoms with Crippen LogP contribution in [0.2, 0.25) is 0 Å². The Hall–Kier alpha value is -0.650. The predicted octanol–water partition coefficient (Wildman–Crippen LogP) is -0.570. The molecule has 2 N–H and O–H groups in total. The number of piperazine rings is 1. The SMILES string of the molecule is CCN1CCN(C(CN)CC(=O)N(C)C)CC1. The number of nitrogens with zero attached hydrogens (tertiary/aromatic N) is 3. The predicted molar refractivity (Wildman–Crippen MR) is 69.8 cm³/mol. The summed E-state index contributed by atoms with van der Waals surface area (Å²) < 4.78 is 0. The molecule has 1 aliphatic rings. The Morgan fingerprint density at radius 1 is 1.29 bits per heavy atom. The molecule has 1 saturated heterocycles. The summed E-state index contributed by atoms with van der Waals surface area (Å²) in [6.07, 6.45) is 0.537. The van der Waals surface area contributed by atoms with Crippen LogP contribution >= 0.6 is 0 Å². The van der Waals surface area contributed by atoms with Crippen molar-refractivity contribution >= 4 is 5.91 Å². The van der Waals surface area contributed by atoms with Crippen molar-refractivity contribution in [3.05, 3.63) is 0 Å². The highest BCUT2D eigenvalue weighted by Gasteiger charge is 2.24. The second-order valence-corrected chi connectivity index (χ2v) is 4.85. The third kappa shape index (κ3) is 4.26. The molecule has 1 unspecified atom stereocenters. The Morgan fingerprint density at radius 2 is 1.88 bits per heavy atom. The van der Waals surface area contributed by atoms with E-state index < -0.39 is 0 Å². The molecule has 0 saturated carbocycles. The lowest BCUT2D eigenvalue weighted by Gasteiger charge is -2.38. The molecule has 0 aromatic carbocycles. The molecule has 5 nitrogen and oxygen atoms in total. The second kappa shape index (κ2) is 6.93. The molecule has 1 rings (SSSR count). The molecular formula is C12H26N4O. The minimum atomic E-state index is 0.165. The minimum absolute atomic E-state index is 0.165. The van der Waals surface area contributed by atoms with E-state index in [4.69, 9.17) is 5.73 Å². The van der Waals surface area contributed by atoms with Crippen LogP contribution in [0.25, 0.3) is 0 Å². The number of amides is 1. The highest BCUT2D eigenvalue weighted by atomic mass is 16.2. The van der Waals surface area contributed by atoms with E-state index >= 15 is 0 Å². The molecule has 0 aliphatic carbocycles. The molecule has 0 aromatic heterocycles. The van der Waals surface area contributed by atoms with Crippen LogP contribution in [0, 0.1) is 0 Å². The summed E-state index contributed by atoms with van der Waals surface area (Å²) >= 11 is 0. The van der Waals surface area contributed by atoms with Crippen LogP contribution in [-0.4, -0.2) is 80.0 Å². The zero-order valence-electron chi connectivity index (χ0n) is 11.4. The van der Waals surface area contributed by atoms with Crippen LogP contribution < -0.4 is 5.73 Å². The number of carbonyl (C=O) groups excluding carboxylic acids is 1. The van der Waals surface area contributed by atoms with Gasteiger partial charge in [0.15, 0.2) is 0 Å². The van der Waals surface area contributed by atoms with Crippen molar-refractivity contribution in [2.45, 2.75) is 19.4 Å². The summed E-state index contributed by atoms with van der Waals surface area (Å²) in [4.78, 5) is 18.1. The average molecular weight is 242 g/mol. The number of hydrogen-bond donors (Lipinski definition) is 1. The van der Waals surface area contributed by atoms with E-state index in [-0.39, 0.29) is 11.9 Å². The van der Waals surface area contributed by atoms with E-state index in [1.54, 1.807) is 19.0 Å². The Bertz CT molecular complexity index is 237.